The average molecular weight is 286 g/mol. The van der Waals surface area contributed by atoms with Gasteiger partial charge in [-0.2, -0.15) is 23.3 Å². The summed E-state index contributed by atoms with van der Waals surface area (Å²) in [7, 11) is 3.12. The second-order valence-electron chi connectivity index (χ2n) is 4.18. The van der Waals surface area contributed by atoms with E-state index in [1.807, 2.05) is 0 Å². The molecule has 2 heterocycles. The van der Waals surface area contributed by atoms with E-state index in [4.69, 9.17) is 4.74 Å². The van der Waals surface area contributed by atoms with Crippen molar-refractivity contribution in [3.63, 3.8) is 0 Å². The number of hydrogen-bond acceptors (Lipinski definition) is 4. The predicted octanol–water partition coefficient (Wildman–Crippen LogP) is 2.98. The predicted molar refractivity (Wildman–Crippen MR) is 66.8 cm³/mol. The lowest BCUT2D eigenvalue weighted by Crippen LogP contribution is -2.08. The fraction of sp³-hybridized carbons (Fsp3) is 0.333. The molecule has 0 radical (unpaired) electrons. The van der Waals surface area contributed by atoms with Crippen LogP contribution >= 0.6 is 0 Å². The molecule has 0 fully saturated rings. The van der Waals surface area contributed by atoms with Gasteiger partial charge in [0.15, 0.2) is 0 Å². The Kier molecular flexibility index (Phi) is 3.56. The smallest absolute Gasteiger partial charge is 0.416 e. The summed E-state index contributed by atoms with van der Waals surface area (Å²) in [5.41, 5.74) is -0.131. The van der Waals surface area contributed by atoms with E-state index in [2.05, 4.69) is 15.4 Å². The first-order valence-electron chi connectivity index (χ1n) is 5.75. The van der Waals surface area contributed by atoms with Gasteiger partial charge >= 0.3 is 6.18 Å². The van der Waals surface area contributed by atoms with Crippen molar-refractivity contribution in [2.75, 3.05) is 12.4 Å². The monoisotopic (exact) mass is 286 g/mol. The summed E-state index contributed by atoms with van der Waals surface area (Å²) in [6, 6.07) is 3.38. The van der Waals surface area contributed by atoms with E-state index in [1.54, 1.807) is 20.0 Å². The summed E-state index contributed by atoms with van der Waals surface area (Å²) in [4.78, 5) is 3.94. The molecule has 0 bridgehead atoms. The van der Waals surface area contributed by atoms with Crippen LogP contribution in [0.25, 0.3) is 0 Å². The Morgan fingerprint density at radius 2 is 1.95 bits per heavy atom. The van der Waals surface area contributed by atoms with Crippen LogP contribution in [0.4, 0.5) is 19.0 Å². The topological polar surface area (TPSA) is 52.0 Å². The first-order valence-corrected chi connectivity index (χ1v) is 5.75. The van der Waals surface area contributed by atoms with Gasteiger partial charge in [-0.3, -0.25) is 0 Å². The Hall–Kier alpha value is -2.25. The SMILES string of the molecule is CNc1cc(C(F)(F)F)cc(Oc2cc(C)nn2C)n1. The van der Waals surface area contributed by atoms with E-state index in [1.165, 1.54) is 11.7 Å². The maximum atomic E-state index is 12.8. The molecule has 20 heavy (non-hydrogen) atoms. The highest BCUT2D eigenvalue weighted by molar-refractivity contribution is 5.42. The summed E-state index contributed by atoms with van der Waals surface area (Å²) >= 11 is 0. The van der Waals surface area contributed by atoms with Crippen LogP contribution in [-0.4, -0.2) is 21.8 Å². The number of anilines is 1. The lowest BCUT2D eigenvalue weighted by atomic mass is 10.2. The van der Waals surface area contributed by atoms with E-state index < -0.39 is 11.7 Å². The number of halogens is 3. The Balaban J connectivity index is 2.38. The second kappa shape index (κ2) is 5.03. The Labute approximate surface area is 113 Å². The molecule has 0 aliphatic heterocycles. The fourth-order valence-electron chi connectivity index (χ4n) is 1.64. The third kappa shape index (κ3) is 3.01. The highest BCUT2D eigenvalue weighted by Gasteiger charge is 2.32. The van der Waals surface area contributed by atoms with Crippen molar-refractivity contribution in [3.8, 4) is 11.8 Å². The normalized spacial score (nSPS) is 11.5. The van der Waals surface area contributed by atoms with Gasteiger partial charge in [-0.1, -0.05) is 0 Å². The minimum absolute atomic E-state index is 0.0775. The number of rotatable bonds is 3. The third-order valence-corrected chi connectivity index (χ3v) is 2.55. The van der Waals surface area contributed by atoms with Crippen LogP contribution in [0, 0.1) is 6.92 Å². The van der Waals surface area contributed by atoms with Crippen molar-refractivity contribution in [2.24, 2.45) is 7.05 Å². The molecule has 108 valence electrons. The molecule has 0 aliphatic rings. The number of ether oxygens (including phenoxy) is 1. The molecule has 0 unspecified atom stereocenters. The van der Waals surface area contributed by atoms with E-state index in [9.17, 15) is 13.2 Å². The van der Waals surface area contributed by atoms with E-state index in [-0.39, 0.29) is 11.7 Å². The number of hydrogen-bond donors (Lipinski definition) is 1. The summed E-state index contributed by atoms with van der Waals surface area (Å²) < 4.78 is 45.1. The molecule has 0 saturated heterocycles. The molecular weight excluding hydrogens is 273 g/mol. The summed E-state index contributed by atoms with van der Waals surface area (Å²) in [5.74, 6) is 0.247. The van der Waals surface area contributed by atoms with Crippen LogP contribution in [-0.2, 0) is 13.2 Å². The van der Waals surface area contributed by atoms with Gasteiger partial charge in [0.05, 0.1) is 11.3 Å². The standard InChI is InChI=1S/C12H13F3N4O/c1-7-4-11(19(3)18-7)20-10-6-8(12(13,14)15)5-9(16-2)17-10/h4-6H,1-3H3,(H,16,17). The largest absolute Gasteiger partial charge is 0.421 e. The van der Waals surface area contributed by atoms with Gasteiger partial charge in [0.2, 0.25) is 11.8 Å². The first kappa shape index (κ1) is 14.2. The lowest BCUT2D eigenvalue weighted by molar-refractivity contribution is -0.137. The molecular formula is C12H13F3N4O. The van der Waals surface area contributed by atoms with Crippen molar-refractivity contribution < 1.29 is 17.9 Å². The lowest BCUT2D eigenvalue weighted by Gasteiger charge is -2.11. The average Bonchev–Trinajstić information content (AvgIpc) is 2.66. The minimum Gasteiger partial charge on any atom is -0.421 e. The second-order valence-corrected chi connectivity index (χ2v) is 4.18. The van der Waals surface area contributed by atoms with Crippen molar-refractivity contribution in [1.82, 2.24) is 14.8 Å². The molecule has 0 spiro atoms. The fourth-order valence-corrected chi connectivity index (χ4v) is 1.64. The Morgan fingerprint density at radius 3 is 2.45 bits per heavy atom. The quantitative estimate of drug-likeness (QED) is 0.942. The summed E-state index contributed by atoms with van der Waals surface area (Å²) in [6.45, 7) is 1.76. The highest BCUT2D eigenvalue weighted by atomic mass is 19.4. The van der Waals surface area contributed by atoms with Crippen molar-refractivity contribution in [3.05, 3.63) is 29.5 Å². The van der Waals surface area contributed by atoms with Gasteiger partial charge < -0.3 is 10.1 Å². The minimum atomic E-state index is -4.46. The van der Waals surface area contributed by atoms with Crippen molar-refractivity contribution in [1.29, 1.82) is 0 Å². The highest BCUT2D eigenvalue weighted by Crippen LogP contribution is 2.33. The van der Waals surface area contributed by atoms with Gasteiger partial charge in [-0.15, -0.1) is 0 Å². The molecule has 0 aromatic carbocycles. The Morgan fingerprint density at radius 1 is 1.25 bits per heavy atom. The van der Waals surface area contributed by atoms with Crippen LogP contribution in [0.15, 0.2) is 18.2 Å². The number of nitrogens with one attached hydrogen (secondary N) is 1. The Bertz CT molecular complexity index is 622. The first-order chi connectivity index (χ1) is 9.29. The number of nitrogens with zero attached hydrogens (tertiary/aromatic N) is 3. The van der Waals surface area contributed by atoms with E-state index in [0.29, 0.717) is 11.6 Å². The number of pyridine rings is 1. The van der Waals surface area contributed by atoms with Crippen LogP contribution < -0.4 is 10.1 Å². The van der Waals surface area contributed by atoms with Gasteiger partial charge in [0.1, 0.15) is 5.82 Å². The molecule has 5 nitrogen and oxygen atoms in total. The van der Waals surface area contributed by atoms with Gasteiger partial charge in [0, 0.05) is 26.2 Å². The molecule has 0 aliphatic carbocycles. The zero-order valence-corrected chi connectivity index (χ0v) is 11.1. The van der Waals surface area contributed by atoms with Crippen LogP contribution in [0.3, 0.4) is 0 Å². The van der Waals surface area contributed by atoms with Crippen LogP contribution in [0.5, 0.6) is 11.8 Å². The molecule has 8 heteroatoms. The summed E-state index contributed by atoms with van der Waals surface area (Å²) in [6.07, 6.45) is -4.46. The molecule has 2 aromatic rings. The van der Waals surface area contributed by atoms with Crippen molar-refractivity contribution >= 4 is 5.82 Å². The third-order valence-electron chi connectivity index (χ3n) is 2.55. The maximum Gasteiger partial charge on any atom is 0.416 e. The maximum absolute atomic E-state index is 12.8. The molecule has 0 saturated carbocycles. The number of aromatic nitrogens is 3. The summed E-state index contributed by atoms with van der Waals surface area (Å²) in [5, 5.41) is 6.62. The molecule has 2 aromatic heterocycles. The van der Waals surface area contributed by atoms with Gasteiger partial charge in [-0.25, -0.2) is 4.68 Å². The van der Waals surface area contributed by atoms with Crippen LogP contribution in [0.1, 0.15) is 11.3 Å². The van der Waals surface area contributed by atoms with Crippen molar-refractivity contribution in [2.45, 2.75) is 13.1 Å². The van der Waals surface area contributed by atoms with E-state index >= 15 is 0 Å². The zero-order valence-electron chi connectivity index (χ0n) is 11.1. The van der Waals surface area contributed by atoms with Gasteiger partial charge in [0.25, 0.3) is 0 Å². The molecule has 0 atom stereocenters. The van der Waals surface area contributed by atoms with Crippen LogP contribution in [0.2, 0.25) is 0 Å². The number of aryl methyl sites for hydroxylation is 2. The molecule has 1 N–H and O–H groups in total. The zero-order chi connectivity index (χ0) is 14.9. The van der Waals surface area contributed by atoms with Gasteiger partial charge in [-0.05, 0) is 13.0 Å². The molecule has 2 rings (SSSR count). The van der Waals surface area contributed by atoms with E-state index in [0.717, 1.165) is 12.1 Å². The molecule has 0 amide bonds. The number of alkyl halides is 3.